The highest BCUT2D eigenvalue weighted by molar-refractivity contribution is 6.23. The summed E-state index contributed by atoms with van der Waals surface area (Å²) in [6.07, 6.45) is 5.23. The summed E-state index contributed by atoms with van der Waals surface area (Å²) in [7, 11) is 0. The number of carbonyl (C=O) groups is 2. The second kappa shape index (κ2) is 3.56. The number of hydrogen-bond acceptors (Lipinski definition) is 2. The number of amides is 2. The van der Waals surface area contributed by atoms with Gasteiger partial charge in [0.25, 0.3) is 0 Å². The summed E-state index contributed by atoms with van der Waals surface area (Å²) in [5.41, 5.74) is 1.73. The van der Waals surface area contributed by atoms with Gasteiger partial charge in [0.05, 0.1) is 17.5 Å². The van der Waals surface area contributed by atoms with Gasteiger partial charge in [-0.25, -0.2) is 4.90 Å². The Bertz CT molecular complexity index is 589. The van der Waals surface area contributed by atoms with Crippen molar-refractivity contribution in [3.05, 3.63) is 42.0 Å². The second-order valence-electron chi connectivity index (χ2n) is 5.80. The number of fused-ring (bicyclic) bond motifs is 5. The van der Waals surface area contributed by atoms with Crippen molar-refractivity contribution in [3.8, 4) is 0 Å². The lowest BCUT2D eigenvalue weighted by molar-refractivity contribution is -0.123. The summed E-state index contributed by atoms with van der Waals surface area (Å²) in [5.74, 6) is 0.340. The predicted molar refractivity (Wildman–Crippen MR) is 71.4 cm³/mol. The minimum atomic E-state index is -0.109. The van der Waals surface area contributed by atoms with Crippen LogP contribution >= 0.6 is 0 Å². The van der Waals surface area contributed by atoms with Crippen molar-refractivity contribution in [1.29, 1.82) is 0 Å². The summed E-state index contributed by atoms with van der Waals surface area (Å²) in [6.45, 7) is 1.94. The average molecular weight is 253 g/mol. The molecule has 0 spiro atoms. The number of para-hydroxylation sites is 1. The molecular formula is C16H15NO2. The molecule has 1 heterocycles. The van der Waals surface area contributed by atoms with Gasteiger partial charge in [-0.2, -0.15) is 0 Å². The Hall–Kier alpha value is -1.90. The van der Waals surface area contributed by atoms with Crippen LogP contribution in [0.25, 0.3) is 0 Å². The fraction of sp³-hybridized carbons (Fsp3) is 0.375. The Morgan fingerprint density at radius 2 is 1.58 bits per heavy atom. The molecule has 2 bridgehead atoms. The minimum Gasteiger partial charge on any atom is -0.274 e. The topological polar surface area (TPSA) is 37.4 Å². The SMILES string of the molecule is Cc1ccccc1N1C(=O)[C@@H]2[C@@H](C1=O)[C@H]1C=C[C@H]2C1. The van der Waals surface area contributed by atoms with Crippen molar-refractivity contribution in [3.63, 3.8) is 0 Å². The molecule has 1 saturated carbocycles. The van der Waals surface area contributed by atoms with E-state index in [9.17, 15) is 9.59 Å². The van der Waals surface area contributed by atoms with E-state index < -0.39 is 0 Å². The van der Waals surface area contributed by atoms with Gasteiger partial charge < -0.3 is 0 Å². The van der Waals surface area contributed by atoms with E-state index in [0.29, 0.717) is 0 Å². The highest BCUT2D eigenvalue weighted by atomic mass is 16.2. The maximum Gasteiger partial charge on any atom is 0.238 e. The summed E-state index contributed by atoms with van der Waals surface area (Å²) in [5, 5.41) is 0. The Labute approximate surface area is 111 Å². The molecular weight excluding hydrogens is 238 g/mol. The molecule has 3 aliphatic rings. The molecule has 2 amide bonds. The van der Waals surface area contributed by atoms with Crippen LogP contribution in [0.3, 0.4) is 0 Å². The molecule has 3 heteroatoms. The molecule has 96 valence electrons. The quantitative estimate of drug-likeness (QED) is 0.569. The first-order chi connectivity index (χ1) is 9.18. The fourth-order valence-corrected chi connectivity index (χ4v) is 3.95. The molecule has 2 aliphatic carbocycles. The molecule has 19 heavy (non-hydrogen) atoms. The molecule has 3 nitrogen and oxygen atoms in total. The van der Waals surface area contributed by atoms with Gasteiger partial charge in [0.15, 0.2) is 0 Å². The zero-order chi connectivity index (χ0) is 13.1. The van der Waals surface area contributed by atoms with E-state index in [2.05, 4.69) is 12.2 Å². The summed E-state index contributed by atoms with van der Waals surface area (Å²) >= 11 is 0. The number of imide groups is 1. The molecule has 1 aliphatic heterocycles. The molecule has 4 atom stereocenters. The van der Waals surface area contributed by atoms with Crippen LogP contribution in [0.2, 0.25) is 0 Å². The third-order valence-corrected chi connectivity index (χ3v) is 4.83. The standard InChI is InChI=1S/C16H15NO2/c1-9-4-2-3-5-12(9)17-15(18)13-10-6-7-11(8-10)14(13)16(17)19/h2-7,10-11,13-14H,8H2,1H3/t10-,11-,13-,14-/m0/s1. The lowest BCUT2D eigenvalue weighted by Crippen LogP contribution is -2.33. The van der Waals surface area contributed by atoms with Crippen molar-refractivity contribution < 1.29 is 9.59 Å². The van der Waals surface area contributed by atoms with Gasteiger partial charge in [0, 0.05) is 0 Å². The largest absolute Gasteiger partial charge is 0.274 e. The van der Waals surface area contributed by atoms with E-state index in [0.717, 1.165) is 17.7 Å². The van der Waals surface area contributed by atoms with Crippen LogP contribution in [0.15, 0.2) is 36.4 Å². The Kier molecular flexibility index (Phi) is 2.06. The van der Waals surface area contributed by atoms with E-state index in [-0.39, 0.29) is 35.5 Å². The summed E-state index contributed by atoms with van der Waals surface area (Å²) in [4.78, 5) is 26.6. The van der Waals surface area contributed by atoms with Crippen molar-refractivity contribution in [2.45, 2.75) is 13.3 Å². The number of allylic oxidation sites excluding steroid dienone is 2. The predicted octanol–water partition coefficient (Wildman–Crippen LogP) is 2.31. The van der Waals surface area contributed by atoms with Crippen molar-refractivity contribution in [2.75, 3.05) is 4.90 Å². The third-order valence-electron chi connectivity index (χ3n) is 4.83. The van der Waals surface area contributed by atoms with Crippen molar-refractivity contribution in [2.24, 2.45) is 23.7 Å². The van der Waals surface area contributed by atoms with Crippen molar-refractivity contribution in [1.82, 2.24) is 0 Å². The lowest BCUT2D eigenvalue weighted by atomic mass is 9.85. The zero-order valence-electron chi connectivity index (χ0n) is 10.7. The fourth-order valence-electron chi connectivity index (χ4n) is 3.95. The monoisotopic (exact) mass is 253 g/mol. The smallest absolute Gasteiger partial charge is 0.238 e. The van der Waals surface area contributed by atoms with Crippen LogP contribution in [0.1, 0.15) is 12.0 Å². The highest BCUT2D eigenvalue weighted by Crippen LogP contribution is 2.53. The molecule has 2 fully saturated rings. The minimum absolute atomic E-state index is 0.00106. The number of rotatable bonds is 1. The first-order valence-corrected chi connectivity index (χ1v) is 6.80. The molecule has 1 saturated heterocycles. The maximum atomic E-state index is 12.6. The maximum absolute atomic E-state index is 12.6. The Balaban J connectivity index is 1.79. The molecule has 0 aromatic heterocycles. The molecule has 0 N–H and O–H groups in total. The van der Waals surface area contributed by atoms with Crippen LogP contribution in [0, 0.1) is 30.6 Å². The molecule has 0 radical (unpaired) electrons. The number of hydrogen-bond donors (Lipinski definition) is 0. The lowest BCUT2D eigenvalue weighted by Gasteiger charge is -2.19. The summed E-state index contributed by atoms with van der Waals surface area (Å²) in [6, 6.07) is 7.61. The van der Waals surface area contributed by atoms with Crippen LogP contribution in [-0.2, 0) is 9.59 Å². The van der Waals surface area contributed by atoms with Gasteiger partial charge in [0.1, 0.15) is 0 Å². The van der Waals surface area contributed by atoms with Gasteiger partial charge in [-0.3, -0.25) is 9.59 Å². The van der Waals surface area contributed by atoms with Crippen molar-refractivity contribution >= 4 is 17.5 Å². The number of carbonyl (C=O) groups excluding carboxylic acids is 2. The zero-order valence-corrected chi connectivity index (χ0v) is 10.7. The van der Waals surface area contributed by atoms with E-state index in [1.807, 2.05) is 31.2 Å². The average Bonchev–Trinajstić information content (AvgIpc) is 3.06. The van der Waals surface area contributed by atoms with Gasteiger partial charge >= 0.3 is 0 Å². The van der Waals surface area contributed by atoms with Gasteiger partial charge in [-0.15, -0.1) is 0 Å². The van der Waals surface area contributed by atoms with Crippen LogP contribution in [-0.4, -0.2) is 11.8 Å². The normalized spacial score (nSPS) is 35.3. The number of nitrogens with zero attached hydrogens (tertiary/aromatic N) is 1. The summed E-state index contributed by atoms with van der Waals surface area (Å²) < 4.78 is 0. The van der Waals surface area contributed by atoms with Gasteiger partial charge in [-0.1, -0.05) is 30.4 Å². The first kappa shape index (κ1) is 11.0. The Morgan fingerprint density at radius 1 is 1.00 bits per heavy atom. The van der Waals surface area contributed by atoms with Crippen LogP contribution in [0.4, 0.5) is 5.69 Å². The van der Waals surface area contributed by atoms with E-state index in [1.165, 1.54) is 4.90 Å². The number of benzene rings is 1. The van der Waals surface area contributed by atoms with E-state index >= 15 is 0 Å². The van der Waals surface area contributed by atoms with Crippen LogP contribution < -0.4 is 4.90 Å². The first-order valence-electron chi connectivity index (χ1n) is 6.80. The molecule has 1 aromatic carbocycles. The highest BCUT2D eigenvalue weighted by Gasteiger charge is 2.59. The molecule has 4 rings (SSSR count). The molecule has 0 unspecified atom stereocenters. The van der Waals surface area contributed by atoms with E-state index in [1.54, 1.807) is 0 Å². The van der Waals surface area contributed by atoms with E-state index in [4.69, 9.17) is 0 Å². The number of aryl methyl sites for hydroxylation is 1. The Morgan fingerprint density at radius 3 is 2.16 bits per heavy atom. The molecule has 1 aromatic rings. The number of anilines is 1. The van der Waals surface area contributed by atoms with Gasteiger partial charge in [-0.05, 0) is 36.8 Å². The second-order valence-corrected chi connectivity index (χ2v) is 5.80. The third kappa shape index (κ3) is 1.28. The van der Waals surface area contributed by atoms with Gasteiger partial charge in [0.2, 0.25) is 11.8 Å². The van der Waals surface area contributed by atoms with Crippen LogP contribution in [0.5, 0.6) is 0 Å².